The first-order chi connectivity index (χ1) is 7.79. The summed E-state index contributed by atoms with van der Waals surface area (Å²) in [5.74, 6) is 0.968. The zero-order valence-electron chi connectivity index (χ0n) is 9.58. The van der Waals surface area contributed by atoms with Gasteiger partial charge in [-0.05, 0) is 50.6 Å². The van der Waals surface area contributed by atoms with E-state index < -0.39 is 0 Å². The summed E-state index contributed by atoms with van der Waals surface area (Å²) in [7, 11) is 2.02. The van der Waals surface area contributed by atoms with Gasteiger partial charge in [0.05, 0.1) is 0 Å². The summed E-state index contributed by atoms with van der Waals surface area (Å²) >= 11 is 3.43. The average molecular weight is 284 g/mol. The van der Waals surface area contributed by atoms with Crippen LogP contribution in [0, 0.1) is 0 Å². The van der Waals surface area contributed by atoms with E-state index in [1.807, 2.05) is 31.3 Å². The van der Waals surface area contributed by atoms with Crippen molar-refractivity contribution < 1.29 is 4.74 Å². The van der Waals surface area contributed by atoms with Crippen molar-refractivity contribution in [3.8, 4) is 5.75 Å². The lowest BCUT2D eigenvalue weighted by Crippen LogP contribution is -2.43. The molecular formula is C13H18BrNO. The maximum Gasteiger partial charge on any atom is 0.119 e. The van der Waals surface area contributed by atoms with Crippen LogP contribution >= 0.6 is 15.9 Å². The molecule has 1 aliphatic rings. The number of hydrogen-bond acceptors (Lipinski definition) is 2. The highest BCUT2D eigenvalue weighted by Gasteiger charge is 2.25. The van der Waals surface area contributed by atoms with E-state index in [-0.39, 0.29) is 0 Å². The van der Waals surface area contributed by atoms with Crippen molar-refractivity contribution in [1.82, 2.24) is 5.32 Å². The molecule has 1 N–H and O–H groups in total. The average Bonchev–Trinajstić information content (AvgIpc) is 2.33. The van der Waals surface area contributed by atoms with E-state index in [4.69, 9.17) is 4.74 Å². The van der Waals surface area contributed by atoms with Crippen LogP contribution in [0.1, 0.15) is 25.7 Å². The Morgan fingerprint density at radius 3 is 2.56 bits per heavy atom. The number of halogens is 1. The number of benzene rings is 1. The Bertz CT molecular complexity index is 325. The highest BCUT2D eigenvalue weighted by Crippen LogP contribution is 2.24. The van der Waals surface area contributed by atoms with Gasteiger partial charge in [-0.1, -0.05) is 22.4 Å². The van der Waals surface area contributed by atoms with Crippen LogP contribution in [0.3, 0.4) is 0 Å². The summed E-state index contributed by atoms with van der Waals surface area (Å²) in [6, 6.07) is 8.58. The molecule has 0 amide bonds. The van der Waals surface area contributed by atoms with E-state index in [0.717, 1.165) is 16.6 Å². The number of likely N-dealkylation sites (N-methyl/N-ethyl adjacent to an activating group) is 1. The molecule has 2 atom stereocenters. The highest BCUT2D eigenvalue weighted by molar-refractivity contribution is 9.10. The third kappa shape index (κ3) is 2.98. The SMILES string of the molecule is CNC1CCCCC1Oc1ccc(Br)cc1. The van der Waals surface area contributed by atoms with Crippen molar-refractivity contribution in [1.29, 1.82) is 0 Å². The molecule has 1 aromatic carbocycles. The third-order valence-corrected chi connectivity index (χ3v) is 3.70. The fourth-order valence-electron chi connectivity index (χ4n) is 2.26. The number of ether oxygens (including phenoxy) is 1. The Kier molecular flexibility index (Phi) is 4.24. The normalized spacial score (nSPS) is 25.4. The minimum absolute atomic E-state index is 0.319. The van der Waals surface area contributed by atoms with Crippen molar-refractivity contribution in [2.45, 2.75) is 37.8 Å². The van der Waals surface area contributed by atoms with E-state index in [0.29, 0.717) is 12.1 Å². The number of rotatable bonds is 3. The zero-order chi connectivity index (χ0) is 11.4. The molecule has 1 aliphatic carbocycles. The summed E-state index contributed by atoms with van der Waals surface area (Å²) < 4.78 is 7.12. The van der Waals surface area contributed by atoms with Gasteiger partial charge in [0.15, 0.2) is 0 Å². The molecule has 88 valence electrons. The van der Waals surface area contributed by atoms with Crippen LogP contribution in [-0.4, -0.2) is 19.2 Å². The van der Waals surface area contributed by atoms with E-state index in [1.54, 1.807) is 0 Å². The van der Waals surface area contributed by atoms with Crippen LogP contribution < -0.4 is 10.1 Å². The molecule has 3 heteroatoms. The van der Waals surface area contributed by atoms with Crippen molar-refractivity contribution in [2.75, 3.05) is 7.05 Å². The van der Waals surface area contributed by atoms with Gasteiger partial charge in [-0.3, -0.25) is 0 Å². The Labute approximate surface area is 106 Å². The zero-order valence-corrected chi connectivity index (χ0v) is 11.2. The molecule has 2 nitrogen and oxygen atoms in total. The van der Waals surface area contributed by atoms with Crippen LogP contribution in [0.4, 0.5) is 0 Å². The second-order valence-corrected chi connectivity index (χ2v) is 5.21. The Morgan fingerprint density at radius 1 is 1.19 bits per heavy atom. The maximum atomic E-state index is 6.03. The molecule has 0 spiro atoms. The lowest BCUT2D eigenvalue weighted by Gasteiger charge is -2.31. The maximum absolute atomic E-state index is 6.03. The largest absolute Gasteiger partial charge is 0.489 e. The van der Waals surface area contributed by atoms with Gasteiger partial charge in [0, 0.05) is 10.5 Å². The van der Waals surface area contributed by atoms with Crippen molar-refractivity contribution in [3.05, 3.63) is 28.7 Å². The van der Waals surface area contributed by atoms with Crippen molar-refractivity contribution in [2.24, 2.45) is 0 Å². The first-order valence-electron chi connectivity index (χ1n) is 5.89. The second-order valence-electron chi connectivity index (χ2n) is 4.29. The molecule has 0 aromatic heterocycles. The molecule has 2 rings (SSSR count). The molecule has 1 fully saturated rings. The fourth-order valence-corrected chi connectivity index (χ4v) is 2.52. The number of nitrogens with one attached hydrogen (secondary N) is 1. The van der Waals surface area contributed by atoms with Crippen LogP contribution in [0.15, 0.2) is 28.7 Å². The van der Waals surface area contributed by atoms with Crippen molar-refractivity contribution >= 4 is 15.9 Å². The van der Waals surface area contributed by atoms with Gasteiger partial charge in [-0.15, -0.1) is 0 Å². The monoisotopic (exact) mass is 283 g/mol. The molecule has 0 bridgehead atoms. The molecule has 0 radical (unpaired) electrons. The first kappa shape index (κ1) is 11.9. The quantitative estimate of drug-likeness (QED) is 0.919. The smallest absolute Gasteiger partial charge is 0.119 e. The van der Waals surface area contributed by atoms with Gasteiger partial charge in [-0.2, -0.15) is 0 Å². The third-order valence-electron chi connectivity index (χ3n) is 3.17. The van der Waals surface area contributed by atoms with E-state index in [2.05, 4.69) is 21.2 Å². The predicted octanol–water partition coefficient (Wildman–Crippen LogP) is 3.36. The Morgan fingerprint density at radius 2 is 1.88 bits per heavy atom. The lowest BCUT2D eigenvalue weighted by atomic mass is 9.92. The summed E-state index contributed by atoms with van der Waals surface area (Å²) in [4.78, 5) is 0. The molecule has 1 aromatic rings. The molecule has 2 unspecified atom stereocenters. The summed E-state index contributed by atoms with van der Waals surface area (Å²) in [5, 5.41) is 3.35. The van der Waals surface area contributed by atoms with E-state index >= 15 is 0 Å². The summed E-state index contributed by atoms with van der Waals surface area (Å²) in [6.45, 7) is 0. The molecular weight excluding hydrogens is 266 g/mol. The molecule has 0 saturated heterocycles. The predicted molar refractivity (Wildman–Crippen MR) is 69.9 cm³/mol. The first-order valence-corrected chi connectivity index (χ1v) is 6.68. The molecule has 0 aliphatic heterocycles. The molecule has 1 saturated carbocycles. The van der Waals surface area contributed by atoms with Gasteiger partial charge < -0.3 is 10.1 Å². The Hall–Kier alpha value is -0.540. The molecule has 0 heterocycles. The van der Waals surface area contributed by atoms with Crippen LogP contribution in [-0.2, 0) is 0 Å². The van der Waals surface area contributed by atoms with Crippen LogP contribution in [0.2, 0.25) is 0 Å². The molecule has 16 heavy (non-hydrogen) atoms. The lowest BCUT2D eigenvalue weighted by molar-refractivity contribution is 0.118. The number of hydrogen-bond donors (Lipinski definition) is 1. The van der Waals surface area contributed by atoms with Gasteiger partial charge >= 0.3 is 0 Å². The summed E-state index contributed by atoms with van der Waals surface area (Å²) in [6.07, 6.45) is 5.28. The van der Waals surface area contributed by atoms with Gasteiger partial charge in [0.25, 0.3) is 0 Å². The van der Waals surface area contributed by atoms with Crippen LogP contribution in [0.5, 0.6) is 5.75 Å². The topological polar surface area (TPSA) is 21.3 Å². The highest BCUT2D eigenvalue weighted by atomic mass is 79.9. The Balaban J connectivity index is 1.99. The van der Waals surface area contributed by atoms with E-state index in [9.17, 15) is 0 Å². The second kappa shape index (κ2) is 5.69. The van der Waals surface area contributed by atoms with E-state index in [1.165, 1.54) is 19.3 Å². The van der Waals surface area contributed by atoms with Gasteiger partial charge in [-0.25, -0.2) is 0 Å². The van der Waals surface area contributed by atoms with Gasteiger partial charge in [0.2, 0.25) is 0 Å². The minimum atomic E-state index is 0.319. The standard InChI is InChI=1S/C13H18BrNO/c1-15-12-4-2-3-5-13(12)16-11-8-6-10(14)7-9-11/h6-9,12-13,15H,2-5H2,1H3. The minimum Gasteiger partial charge on any atom is -0.489 e. The fraction of sp³-hybridized carbons (Fsp3) is 0.538. The van der Waals surface area contributed by atoms with Gasteiger partial charge in [0.1, 0.15) is 11.9 Å². The summed E-state index contributed by atoms with van der Waals surface area (Å²) in [5.41, 5.74) is 0. The van der Waals surface area contributed by atoms with Crippen molar-refractivity contribution in [3.63, 3.8) is 0 Å². The van der Waals surface area contributed by atoms with Crippen LogP contribution in [0.25, 0.3) is 0 Å².